The third-order valence-electron chi connectivity index (χ3n) is 2.54. The van der Waals surface area contributed by atoms with Crippen molar-refractivity contribution >= 4 is 24.0 Å². The first-order valence-electron chi connectivity index (χ1n) is 5.88. The summed E-state index contributed by atoms with van der Waals surface area (Å²) in [6, 6.07) is 5.11. The predicted octanol–water partition coefficient (Wildman–Crippen LogP) is 2.49. The normalized spacial score (nSPS) is 11.3. The summed E-state index contributed by atoms with van der Waals surface area (Å²) in [5, 5.41) is 2.81. The molecule has 1 aromatic rings. The highest BCUT2D eigenvalue weighted by Gasteiger charge is 2.12. The van der Waals surface area contributed by atoms with Crippen molar-refractivity contribution in [1.29, 1.82) is 0 Å². The number of aryl methyl sites for hydroxylation is 1. The van der Waals surface area contributed by atoms with Gasteiger partial charge >= 0.3 is 0 Å². The fourth-order valence-corrected chi connectivity index (χ4v) is 1.44. The number of hydrogen-bond acceptors (Lipinski definition) is 3. The van der Waals surface area contributed by atoms with Gasteiger partial charge in [-0.3, -0.25) is 4.79 Å². The van der Waals surface area contributed by atoms with Crippen molar-refractivity contribution in [3.05, 3.63) is 23.8 Å². The summed E-state index contributed by atoms with van der Waals surface area (Å²) in [7, 11) is 0. The molecule has 1 aromatic carbocycles. The first-order chi connectivity index (χ1) is 8.08. The molecule has 0 unspecified atom stereocenters. The molecule has 3 N–H and O–H groups in total. The highest BCUT2D eigenvalue weighted by molar-refractivity contribution is 5.95. The molecule has 0 heterocycles. The van der Waals surface area contributed by atoms with Crippen LogP contribution in [0.4, 0.5) is 5.69 Å². The van der Waals surface area contributed by atoms with Gasteiger partial charge in [-0.05, 0) is 44.0 Å². The van der Waals surface area contributed by atoms with Crippen LogP contribution < -0.4 is 15.8 Å². The Morgan fingerprint density at radius 3 is 2.61 bits per heavy atom. The zero-order chi connectivity index (χ0) is 12.8. The molecule has 102 valence electrons. The van der Waals surface area contributed by atoms with Crippen molar-refractivity contribution < 1.29 is 9.53 Å². The number of halogens is 1. The lowest BCUT2D eigenvalue weighted by molar-refractivity contribution is -0.117. The van der Waals surface area contributed by atoms with E-state index < -0.39 is 6.04 Å². The van der Waals surface area contributed by atoms with E-state index in [1.807, 2.05) is 39.0 Å². The maximum absolute atomic E-state index is 11.6. The van der Waals surface area contributed by atoms with Crippen molar-refractivity contribution in [2.24, 2.45) is 5.73 Å². The van der Waals surface area contributed by atoms with Crippen LogP contribution in [0.25, 0.3) is 0 Å². The van der Waals surface area contributed by atoms with E-state index >= 15 is 0 Å². The van der Waals surface area contributed by atoms with Gasteiger partial charge in [0.15, 0.2) is 0 Å². The minimum atomic E-state index is -0.457. The number of carbonyl (C=O) groups is 1. The number of anilines is 1. The molecule has 0 radical (unpaired) electrons. The van der Waals surface area contributed by atoms with Gasteiger partial charge in [0.25, 0.3) is 0 Å². The van der Waals surface area contributed by atoms with Crippen LogP contribution in [0.15, 0.2) is 18.2 Å². The summed E-state index contributed by atoms with van der Waals surface area (Å²) in [5.74, 6) is 0.655. The molecule has 0 bridgehead atoms. The Balaban J connectivity index is 0.00000289. The van der Waals surface area contributed by atoms with Crippen LogP contribution in [0.2, 0.25) is 0 Å². The quantitative estimate of drug-likeness (QED) is 0.866. The van der Waals surface area contributed by atoms with Gasteiger partial charge in [-0.15, -0.1) is 12.4 Å². The third kappa shape index (κ3) is 4.55. The van der Waals surface area contributed by atoms with Gasteiger partial charge in [-0.1, -0.05) is 6.92 Å². The Morgan fingerprint density at radius 1 is 1.44 bits per heavy atom. The van der Waals surface area contributed by atoms with Gasteiger partial charge in [0.2, 0.25) is 5.91 Å². The Bertz CT molecular complexity index is 397. The van der Waals surface area contributed by atoms with Gasteiger partial charge in [0, 0.05) is 5.69 Å². The zero-order valence-corrected chi connectivity index (χ0v) is 11.8. The second-order valence-electron chi connectivity index (χ2n) is 3.91. The maximum Gasteiger partial charge on any atom is 0.241 e. The van der Waals surface area contributed by atoms with E-state index in [0.29, 0.717) is 13.0 Å². The van der Waals surface area contributed by atoms with Gasteiger partial charge in [0.05, 0.1) is 12.6 Å². The second kappa shape index (κ2) is 7.95. The molecule has 0 aliphatic heterocycles. The molecule has 1 atom stereocenters. The number of nitrogens with two attached hydrogens (primary N) is 1. The smallest absolute Gasteiger partial charge is 0.241 e. The van der Waals surface area contributed by atoms with Gasteiger partial charge < -0.3 is 15.8 Å². The molecule has 18 heavy (non-hydrogen) atoms. The minimum absolute atomic E-state index is 0. The minimum Gasteiger partial charge on any atom is -0.494 e. The number of rotatable bonds is 5. The molecular weight excluding hydrogens is 252 g/mol. The number of hydrogen-bond donors (Lipinski definition) is 2. The lowest BCUT2D eigenvalue weighted by Crippen LogP contribution is -2.34. The Hall–Kier alpha value is -1.26. The molecule has 1 rings (SSSR count). The maximum atomic E-state index is 11.6. The molecule has 0 aliphatic carbocycles. The topological polar surface area (TPSA) is 64.3 Å². The highest BCUT2D eigenvalue weighted by atomic mass is 35.5. The summed E-state index contributed by atoms with van der Waals surface area (Å²) >= 11 is 0. The number of carbonyl (C=O) groups excluding carboxylic acids is 1. The monoisotopic (exact) mass is 272 g/mol. The van der Waals surface area contributed by atoms with Crippen LogP contribution in [-0.4, -0.2) is 18.6 Å². The number of benzene rings is 1. The Labute approximate surface area is 114 Å². The van der Waals surface area contributed by atoms with Crippen molar-refractivity contribution in [1.82, 2.24) is 0 Å². The number of ether oxygens (including phenoxy) is 1. The highest BCUT2D eigenvalue weighted by Crippen LogP contribution is 2.21. The fourth-order valence-electron chi connectivity index (χ4n) is 1.44. The summed E-state index contributed by atoms with van der Waals surface area (Å²) in [5.41, 5.74) is 7.40. The third-order valence-corrected chi connectivity index (χ3v) is 2.54. The molecule has 4 nitrogen and oxygen atoms in total. The zero-order valence-electron chi connectivity index (χ0n) is 11.0. The molecule has 0 aliphatic rings. The average molecular weight is 273 g/mol. The van der Waals surface area contributed by atoms with Crippen LogP contribution >= 0.6 is 12.4 Å². The first kappa shape index (κ1) is 16.7. The lowest BCUT2D eigenvalue weighted by atomic mass is 10.1. The predicted molar refractivity (Wildman–Crippen MR) is 76.5 cm³/mol. The van der Waals surface area contributed by atoms with Crippen molar-refractivity contribution in [3.63, 3.8) is 0 Å². The number of amides is 1. The standard InChI is InChI=1S/C13H20N2O2.ClH/c1-4-11(14)13(16)15-12-7-6-10(17-5-2)8-9(12)3;/h6-8,11H,4-5,14H2,1-3H3,(H,15,16);1H/t11-;/m0./s1. The van der Waals surface area contributed by atoms with E-state index in [2.05, 4.69) is 5.32 Å². The summed E-state index contributed by atoms with van der Waals surface area (Å²) < 4.78 is 5.38. The lowest BCUT2D eigenvalue weighted by Gasteiger charge is -2.13. The number of nitrogens with one attached hydrogen (secondary N) is 1. The van der Waals surface area contributed by atoms with Crippen LogP contribution in [0.1, 0.15) is 25.8 Å². The largest absolute Gasteiger partial charge is 0.494 e. The fraction of sp³-hybridized carbons (Fsp3) is 0.462. The molecule has 5 heteroatoms. The van der Waals surface area contributed by atoms with Gasteiger partial charge in [0.1, 0.15) is 5.75 Å². The summed E-state index contributed by atoms with van der Waals surface area (Å²) in [6.45, 7) is 6.38. The summed E-state index contributed by atoms with van der Waals surface area (Å²) in [6.07, 6.45) is 0.627. The van der Waals surface area contributed by atoms with Crippen molar-refractivity contribution in [3.8, 4) is 5.75 Å². The van der Waals surface area contributed by atoms with E-state index in [-0.39, 0.29) is 18.3 Å². The average Bonchev–Trinajstić information content (AvgIpc) is 2.31. The molecule has 0 spiro atoms. The molecule has 0 saturated carbocycles. The van der Waals surface area contributed by atoms with Crippen LogP contribution in [0.5, 0.6) is 5.75 Å². The first-order valence-corrected chi connectivity index (χ1v) is 5.88. The van der Waals surface area contributed by atoms with E-state index in [4.69, 9.17) is 10.5 Å². The van der Waals surface area contributed by atoms with Crippen molar-refractivity contribution in [2.75, 3.05) is 11.9 Å². The van der Waals surface area contributed by atoms with E-state index in [1.54, 1.807) is 0 Å². The molecule has 0 aromatic heterocycles. The second-order valence-corrected chi connectivity index (χ2v) is 3.91. The van der Waals surface area contributed by atoms with Gasteiger partial charge in [-0.2, -0.15) is 0 Å². The Kier molecular flexibility index (Phi) is 7.39. The van der Waals surface area contributed by atoms with Crippen LogP contribution in [-0.2, 0) is 4.79 Å². The molecular formula is C13H21ClN2O2. The molecule has 1 amide bonds. The van der Waals surface area contributed by atoms with Crippen molar-refractivity contribution in [2.45, 2.75) is 33.2 Å². The molecule has 0 saturated heterocycles. The van der Waals surface area contributed by atoms with Gasteiger partial charge in [-0.25, -0.2) is 0 Å². The Morgan fingerprint density at radius 2 is 2.11 bits per heavy atom. The van der Waals surface area contributed by atoms with Crippen LogP contribution in [0.3, 0.4) is 0 Å². The summed E-state index contributed by atoms with van der Waals surface area (Å²) in [4.78, 5) is 11.6. The van der Waals surface area contributed by atoms with E-state index in [9.17, 15) is 4.79 Å². The SMILES string of the molecule is CCOc1ccc(NC(=O)[C@@H](N)CC)c(C)c1.Cl. The van der Waals surface area contributed by atoms with Crippen LogP contribution in [0, 0.1) is 6.92 Å². The van der Waals surface area contributed by atoms with E-state index in [1.165, 1.54) is 0 Å². The molecule has 0 fully saturated rings. The van der Waals surface area contributed by atoms with E-state index in [0.717, 1.165) is 17.0 Å².